The lowest BCUT2D eigenvalue weighted by Gasteiger charge is -2.19. The van der Waals surface area contributed by atoms with Crippen LogP contribution in [0.15, 0.2) is 51.8 Å². The van der Waals surface area contributed by atoms with Gasteiger partial charge in [-0.3, -0.25) is 4.90 Å². The number of amides is 1. The number of anilines is 1. The number of halogens is 4. The van der Waals surface area contributed by atoms with Gasteiger partial charge in [-0.2, -0.15) is 13.2 Å². The minimum absolute atomic E-state index is 0.0118. The van der Waals surface area contributed by atoms with Crippen LogP contribution in [0.4, 0.5) is 23.7 Å². The third-order valence-electron chi connectivity index (χ3n) is 4.78. The largest absolute Gasteiger partial charge is 0.495 e. The summed E-state index contributed by atoms with van der Waals surface area (Å²) in [6.45, 7) is -1.67. The van der Waals surface area contributed by atoms with Gasteiger partial charge in [0.25, 0.3) is 0 Å². The molecule has 7 nitrogen and oxygen atoms in total. The van der Waals surface area contributed by atoms with E-state index in [9.17, 15) is 31.5 Å². The number of ether oxygens (including phenoxy) is 1. The summed E-state index contributed by atoms with van der Waals surface area (Å²) in [6, 6.07) is 10.0. The van der Waals surface area contributed by atoms with Crippen molar-refractivity contribution in [1.29, 1.82) is 0 Å². The Bertz CT molecular complexity index is 1420. The highest BCUT2D eigenvalue weighted by atomic mass is 79.9. The van der Waals surface area contributed by atoms with Gasteiger partial charge < -0.3 is 14.4 Å². The van der Waals surface area contributed by atoms with Gasteiger partial charge in [-0.25, -0.2) is 13.2 Å². The van der Waals surface area contributed by atoms with Crippen LogP contribution in [0.3, 0.4) is 0 Å². The first-order valence-electron chi connectivity index (χ1n) is 9.54. The van der Waals surface area contributed by atoms with Crippen LogP contribution in [0, 0.1) is 11.8 Å². The van der Waals surface area contributed by atoms with E-state index in [1.807, 2.05) is 0 Å². The maximum Gasteiger partial charge on any atom is 0.412 e. The van der Waals surface area contributed by atoms with Crippen molar-refractivity contribution in [3.05, 3.63) is 52.6 Å². The summed E-state index contributed by atoms with van der Waals surface area (Å²) in [5, 5.41) is 10.2. The summed E-state index contributed by atoms with van der Waals surface area (Å²) >= 11 is 3.32. The van der Waals surface area contributed by atoms with Gasteiger partial charge in [0, 0.05) is 22.2 Å². The first-order chi connectivity index (χ1) is 15.8. The predicted molar refractivity (Wildman–Crippen MR) is 124 cm³/mol. The van der Waals surface area contributed by atoms with Crippen LogP contribution in [0.25, 0.3) is 10.9 Å². The Morgan fingerprint density at radius 2 is 1.94 bits per heavy atom. The standard InChI is InChI=1S/C22H18BrF3N2O5S/c1-33-20-12-15(34(2,31)32)8-9-19(20)27(21(29)30)10-4-5-14-11-16-17(23)6-3-7-18(16)28(14)13-22(24,25)26/h3,6-9,11-12H,10,13H2,1-2H3,(H,29,30). The molecule has 0 unspecified atom stereocenters. The summed E-state index contributed by atoms with van der Waals surface area (Å²) in [7, 11) is -2.31. The summed E-state index contributed by atoms with van der Waals surface area (Å²) in [4.78, 5) is 12.6. The van der Waals surface area contributed by atoms with Crippen molar-refractivity contribution in [2.24, 2.45) is 0 Å². The van der Waals surface area contributed by atoms with Crippen LogP contribution >= 0.6 is 15.9 Å². The van der Waals surface area contributed by atoms with Gasteiger partial charge in [-0.05, 0) is 36.3 Å². The molecule has 0 bridgehead atoms. The molecule has 0 aliphatic heterocycles. The van der Waals surface area contributed by atoms with Crippen LogP contribution in [-0.2, 0) is 16.4 Å². The lowest BCUT2D eigenvalue weighted by molar-refractivity contribution is -0.140. The minimum Gasteiger partial charge on any atom is -0.495 e. The zero-order valence-electron chi connectivity index (χ0n) is 17.9. The average Bonchev–Trinajstić information content (AvgIpc) is 3.07. The highest BCUT2D eigenvalue weighted by Gasteiger charge is 2.30. The first-order valence-corrected chi connectivity index (χ1v) is 12.2. The van der Waals surface area contributed by atoms with Crippen LogP contribution in [0.2, 0.25) is 0 Å². The second-order valence-corrected chi connectivity index (χ2v) is 10.0. The molecule has 0 saturated carbocycles. The fourth-order valence-electron chi connectivity index (χ4n) is 3.28. The molecule has 180 valence electrons. The molecule has 1 amide bonds. The van der Waals surface area contributed by atoms with Crippen molar-refractivity contribution >= 4 is 48.5 Å². The Hall–Kier alpha value is -3.17. The molecular formula is C22H18BrF3N2O5S. The number of hydrogen-bond acceptors (Lipinski definition) is 4. The number of benzene rings is 2. The Morgan fingerprint density at radius 3 is 2.53 bits per heavy atom. The average molecular weight is 559 g/mol. The topological polar surface area (TPSA) is 88.8 Å². The predicted octanol–water partition coefficient (Wildman–Crippen LogP) is 4.91. The zero-order chi connectivity index (χ0) is 25.3. The molecule has 0 fully saturated rings. The van der Waals surface area contributed by atoms with Crippen molar-refractivity contribution < 1.29 is 36.2 Å². The number of methoxy groups -OCH3 is 1. The molecule has 3 rings (SSSR count). The van der Waals surface area contributed by atoms with E-state index in [0.29, 0.717) is 15.4 Å². The van der Waals surface area contributed by atoms with Crippen molar-refractivity contribution in [3.63, 3.8) is 0 Å². The maximum atomic E-state index is 13.2. The SMILES string of the molecule is COc1cc(S(C)(=O)=O)ccc1N(CC#Cc1cc2c(Br)cccc2n1CC(F)(F)F)C(=O)O. The van der Waals surface area contributed by atoms with E-state index in [4.69, 9.17) is 4.74 Å². The number of fused-ring (bicyclic) bond motifs is 1. The van der Waals surface area contributed by atoms with Crippen molar-refractivity contribution in [2.75, 3.05) is 24.8 Å². The number of carbonyl (C=O) groups is 1. The molecule has 1 heterocycles. The molecule has 1 aromatic heterocycles. The maximum absolute atomic E-state index is 13.2. The second kappa shape index (κ2) is 9.60. The molecule has 3 aromatic rings. The van der Waals surface area contributed by atoms with Crippen molar-refractivity contribution in [2.45, 2.75) is 17.6 Å². The number of alkyl halides is 3. The fraction of sp³-hybridized carbons (Fsp3) is 0.227. The monoisotopic (exact) mass is 558 g/mol. The van der Waals surface area contributed by atoms with Gasteiger partial charge >= 0.3 is 12.3 Å². The number of hydrogen-bond donors (Lipinski definition) is 1. The van der Waals surface area contributed by atoms with Gasteiger partial charge in [0.05, 0.1) is 35.4 Å². The number of carboxylic acid groups (broad SMARTS) is 1. The molecule has 34 heavy (non-hydrogen) atoms. The number of aromatic nitrogens is 1. The smallest absolute Gasteiger partial charge is 0.412 e. The Labute approximate surface area is 201 Å². The molecule has 0 spiro atoms. The van der Waals surface area contributed by atoms with E-state index in [1.54, 1.807) is 12.1 Å². The van der Waals surface area contributed by atoms with Crippen molar-refractivity contribution in [1.82, 2.24) is 4.57 Å². The Morgan fingerprint density at radius 1 is 1.24 bits per heavy atom. The van der Waals surface area contributed by atoms with Crippen LogP contribution in [0.5, 0.6) is 5.75 Å². The number of rotatable bonds is 5. The fourth-order valence-corrected chi connectivity index (χ4v) is 4.38. The summed E-state index contributed by atoms with van der Waals surface area (Å²) in [5.41, 5.74) is 0.420. The lowest BCUT2D eigenvalue weighted by Crippen LogP contribution is -2.30. The van der Waals surface area contributed by atoms with Crippen LogP contribution in [0.1, 0.15) is 5.69 Å². The summed E-state index contributed by atoms with van der Waals surface area (Å²) in [5.74, 6) is 5.22. The van der Waals surface area contributed by atoms with E-state index in [-0.39, 0.29) is 22.0 Å². The number of sulfone groups is 1. The van der Waals surface area contributed by atoms with E-state index in [1.165, 1.54) is 37.4 Å². The molecule has 0 atom stereocenters. The molecule has 12 heteroatoms. The van der Waals surface area contributed by atoms with E-state index in [0.717, 1.165) is 15.7 Å². The molecule has 0 radical (unpaired) electrons. The first kappa shape index (κ1) is 25.5. The zero-order valence-corrected chi connectivity index (χ0v) is 20.3. The van der Waals surface area contributed by atoms with Gasteiger partial charge in [0.1, 0.15) is 12.3 Å². The van der Waals surface area contributed by atoms with Crippen molar-refractivity contribution in [3.8, 4) is 17.6 Å². The Kier molecular flexibility index (Phi) is 7.18. The van der Waals surface area contributed by atoms with Gasteiger partial charge in [-0.15, -0.1) is 0 Å². The van der Waals surface area contributed by atoms with Gasteiger partial charge in [-0.1, -0.05) is 27.9 Å². The molecule has 1 N–H and O–H groups in total. The van der Waals surface area contributed by atoms with Gasteiger partial charge in [0.15, 0.2) is 9.84 Å². The highest BCUT2D eigenvalue weighted by Crippen LogP contribution is 2.32. The third kappa shape index (κ3) is 5.66. The molecule has 2 aromatic carbocycles. The summed E-state index contributed by atoms with van der Waals surface area (Å²) < 4.78 is 69.9. The summed E-state index contributed by atoms with van der Waals surface area (Å²) in [6.07, 6.45) is -4.90. The molecule has 0 aliphatic carbocycles. The highest BCUT2D eigenvalue weighted by molar-refractivity contribution is 9.10. The van der Waals surface area contributed by atoms with E-state index in [2.05, 4.69) is 27.8 Å². The second-order valence-electron chi connectivity index (χ2n) is 7.18. The van der Waals surface area contributed by atoms with E-state index >= 15 is 0 Å². The molecular weight excluding hydrogens is 541 g/mol. The van der Waals surface area contributed by atoms with E-state index < -0.39 is 35.2 Å². The number of nitrogens with zero attached hydrogens (tertiary/aromatic N) is 2. The quantitative estimate of drug-likeness (QED) is 0.449. The Balaban J connectivity index is 2.01. The third-order valence-corrected chi connectivity index (χ3v) is 6.59. The normalized spacial score (nSPS) is 11.7. The molecule has 0 saturated heterocycles. The van der Waals surface area contributed by atoms with Gasteiger partial charge in [0.2, 0.25) is 0 Å². The molecule has 0 aliphatic rings. The van der Waals surface area contributed by atoms with Crippen LogP contribution in [-0.4, -0.2) is 50.3 Å². The minimum atomic E-state index is -4.49. The lowest BCUT2D eigenvalue weighted by atomic mass is 10.2. The van der Waals surface area contributed by atoms with Crippen LogP contribution < -0.4 is 9.64 Å².